The molecule has 8 heteroatoms. The van der Waals surface area contributed by atoms with Crippen LogP contribution in [0.3, 0.4) is 0 Å². The molecule has 0 amide bonds. The quantitative estimate of drug-likeness (QED) is 0.513. The zero-order valence-electron chi connectivity index (χ0n) is 13.5. The Kier molecular flexibility index (Phi) is 4.00. The second-order valence-corrected chi connectivity index (χ2v) is 5.90. The molecule has 132 valence electrons. The Morgan fingerprint density at radius 1 is 1.19 bits per heavy atom. The maximum Gasteiger partial charge on any atom is 0.348 e. The van der Waals surface area contributed by atoms with Crippen molar-refractivity contribution in [1.82, 2.24) is 9.78 Å². The van der Waals surface area contributed by atoms with Crippen LogP contribution >= 0.6 is 11.6 Å². The van der Waals surface area contributed by atoms with E-state index in [0.29, 0.717) is 28.6 Å². The fraction of sp³-hybridized carbons (Fsp3) is 0.111. The van der Waals surface area contributed by atoms with Crippen molar-refractivity contribution in [3.63, 3.8) is 0 Å². The van der Waals surface area contributed by atoms with Gasteiger partial charge >= 0.3 is 5.97 Å². The number of aryl methyl sites for hydroxylation is 1. The van der Waals surface area contributed by atoms with Crippen LogP contribution in [0.5, 0.6) is 17.2 Å². The predicted octanol–water partition coefficient (Wildman–Crippen LogP) is 3.92. The summed E-state index contributed by atoms with van der Waals surface area (Å²) >= 11 is 6.32. The molecule has 1 aromatic heterocycles. The van der Waals surface area contributed by atoms with Gasteiger partial charge in [0.15, 0.2) is 11.5 Å². The lowest BCUT2D eigenvalue weighted by molar-refractivity contribution is 0.0734. The molecule has 0 N–H and O–H groups in total. The molecule has 0 radical (unpaired) electrons. The summed E-state index contributed by atoms with van der Waals surface area (Å²) in [6.07, 6.45) is 0. The molecule has 6 nitrogen and oxygen atoms in total. The van der Waals surface area contributed by atoms with Crippen molar-refractivity contribution in [2.24, 2.45) is 0 Å². The molecule has 0 spiro atoms. The first-order valence-electron chi connectivity index (χ1n) is 7.66. The highest BCUT2D eigenvalue weighted by Crippen LogP contribution is 2.35. The Labute approximate surface area is 152 Å². The number of carbonyl (C=O) groups is 1. The molecule has 1 aliphatic heterocycles. The average molecular weight is 375 g/mol. The second-order valence-electron chi connectivity index (χ2n) is 5.54. The Morgan fingerprint density at radius 3 is 2.69 bits per heavy atom. The van der Waals surface area contributed by atoms with E-state index in [9.17, 15) is 9.18 Å². The number of aromatic nitrogens is 2. The lowest BCUT2D eigenvalue weighted by Gasteiger charge is -2.06. The Morgan fingerprint density at radius 2 is 1.92 bits per heavy atom. The van der Waals surface area contributed by atoms with Gasteiger partial charge in [-0.25, -0.2) is 13.9 Å². The van der Waals surface area contributed by atoms with Crippen LogP contribution in [0.25, 0.3) is 5.69 Å². The molecule has 0 saturated heterocycles. The van der Waals surface area contributed by atoms with Crippen molar-refractivity contribution in [2.45, 2.75) is 6.92 Å². The molecule has 4 rings (SSSR count). The van der Waals surface area contributed by atoms with E-state index in [1.165, 1.54) is 28.9 Å². The van der Waals surface area contributed by atoms with Crippen LogP contribution in [0.1, 0.15) is 16.1 Å². The molecule has 3 aromatic rings. The second kappa shape index (κ2) is 6.34. The topological polar surface area (TPSA) is 62.6 Å². The van der Waals surface area contributed by atoms with Crippen molar-refractivity contribution in [3.8, 4) is 22.9 Å². The smallest absolute Gasteiger partial charge is 0.348 e. The van der Waals surface area contributed by atoms with Gasteiger partial charge < -0.3 is 14.2 Å². The lowest BCUT2D eigenvalue weighted by atomic mass is 10.2. The molecule has 0 fully saturated rings. The number of ether oxygens (including phenoxy) is 3. The first-order valence-corrected chi connectivity index (χ1v) is 8.03. The third-order valence-electron chi connectivity index (χ3n) is 3.83. The summed E-state index contributed by atoms with van der Waals surface area (Å²) in [5.41, 5.74) is 1.06. The van der Waals surface area contributed by atoms with Crippen LogP contribution in [0.4, 0.5) is 4.39 Å². The summed E-state index contributed by atoms with van der Waals surface area (Å²) in [6, 6.07) is 10.4. The van der Waals surface area contributed by atoms with E-state index < -0.39 is 5.97 Å². The normalized spacial score (nSPS) is 12.3. The van der Waals surface area contributed by atoms with Gasteiger partial charge in [-0.1, -0.05) is 11.6 Å². The maximum atomic E-state index is 13.1. The fourth-order valence-electron chi connectivity index (χ4n) is 2.58. The monoisotopic (exact) mass is 374 g/mol. The number of hydrogen-bond donors (Lipinski definition) is 0. The first-order chi connectivity index (χ1) is 12.5. The zero-order chi connectivity index (χ0) is 18.3. The molecule has 0 unspecified atom stereocenters. The van der Waals surface area contributed by atoms with E-state index in [4.69, 9.17) is 25.8 Å². The zero-order valence-corrected chi connectivity index (χ0v) is 14.3. The van der Waals surface area contributed by atoms with Crippen molar-refractivity contribution >= 4 is 17.6 Å². The predicted molar refractivity (Wildman–Crippen MR) is 90.8 cm³/mol. The molecular formula is C18H12ClFN2O4. The van der Waals surface area contributed by atoms with Crippen molar-refractivity contribution in [3.05, 3.63) is 64.7 Å². The third-order valence-corrected chi connectivity index (χ3v) is 4.18. The molecule has 2 aromatic carbocycles. The molecular weight excluding hydrogens is 363 g/mol. The van der Waals surface area contributed by atoms with E-state index in [1.807, 2.05) is 0 Å². The van der Waals surface area contributed by atoms with Crippen molar-refractivity contribution in [1.29, 1.82) is 0 Å². The number of carbonyl (C=O) groups excluding carboxylic acids is 1. The largest absolute Gasteiger partial charge is 0.454 e. The van der Waals surface area contributed by atoms with Crippen LogP contribution < -0.4 is 14.2 Å². The summed E-state index contributed by atoms with van der Waals surface area (Å²) in [5.74, 6) is 0.350. The fourth-order valence-corrected chi connectivity index (χ4v) is 2.93. The van der Waals surface area contributed by atoms with Gasteiger partial charge in [-0.3, -0.25) is 0 Å². The number of hydrogen-bond acceptors (Lipinski definition) is 5. The third kappa shape index (κ3) is 2.86. The Bertz CT molecular complexity index is 1000. The van der Waals surface area contributed by atoms with E-state index in [-0.39, 0.29) is 23.3 Å². The number of esters is 1. The molecule has 2 heterocycles. The number of rotatable bonds is 3. The van der Waals surface area contributed by atoms with E-state index in [2.05, 4.69) is 5.10 Å². The minimum Gasteiger partial charge on any atom is -0.454 e. The van der Waals surface area contributed by atoms with Crippen LogP contribution in [-0.2, 0) is 0 Å². The highest BCUT2D eigenvalue weighted by molar-refractivity contribution is 6.33. The first kappa shape index (κ1) is 16.4. The molecule has 0 saturated carbocycles. The summed E-state index contributed by atoms with van der Waals surface area (Å²) in [5, 5.41) is 4.33. The highest BCUT2D eigenvalue weighted by atomic mass is 35.5. The van der Waals surface area contributed by atoms with Gasteiger partial charge in [0.2, 0.25) is 6.79 Å². The van der Waals surface area contributed by atoms with E-state index in [1.54, 1.807) is 25.1 Å². The average Bonchev–Trinajstić information content (AvgIpc) is 3.19. The van der Waals surface area contributed by atoms with Gasteiger partial charge in [0.1, 0.15) is 22.3 Å². The van der Waals surface area contributed by atoms with Crippen LogP contribution in [0.15, 0.2) is 42.5 Å². The van der Waals surface area contributed by atoms with Crippen LogP contribution in [-0.4, -0.2) is 22.5 Å². The molecule has 0 aliphatic carbocycles. The summed E-state index contributed by atoms with van der Waals surface area (Å²) in [7, 11) is 0. The minimum absolute atomic E-state index is 0.0832. The van der Waals surface area contributed by atoms with Gasteiger partial charge in [0.05, 0.1) is 11.4 Å². The standard InChI is InChI=1S/C18H12ClFN2O4/c1-10-16(17(19)22(21-10)12-4-2-11(20)3-5-12)18(23)26-13-6-7-14-15(8-13)25-9-24-14/h2-8H,9H2,1H3. The van der Waals surface area contributed by atoms with Crippen molar-refractivity contribution < 1.29 is 23.4 Å². The van der Waals surface area contributed by atoms with Crippen LogP contribution in [0.2, 0.25) is 5.15 Å². The van der Waals surface area contributed by atoms with Gasteiger partial charge in [-0.05, 0) is 43.3 Å². The summed E-state index contributed by atoms with van der Waals surface area (Å²) < 4.78 is 30.3. The van der Waals surface area contributed by atoms with Crippen molar-refractivity contribution in [2.75, 3.05) is 6.79 Å². The van der Waals surface area contributed by atoms with Gasteiger partial charge in [-0.15, -0.1) is 0 Å². The number of benzene rings is 2. The molecule has 0 atom stereocenters. The Balaban J connectivity index is 1.63. The maximum absolute atomic E-state index is 13.1. The van der Waals surface area contributed by atoms with Gasteiger partial charge in [0, 0.05) is 6.07 Å². The van der Waals surface area contributed by atoms with Gasteiger partial charge in [-0.2, -0.15) is 5.10 Å². The SMILES string of the molecule is Cc1nn(-c2ccc(F)cc2)c(Cl)c1C(=O)Oc1ccc2c(c1)OCO2. The molecule has 0 bridgehead atoms. The minimum atomic E-state index is -0.653. The van der Waals surface area contributed by atoms with E-state index >= 15 is 0 Å². The summed E-state index contributed by atoms with van der Waals surface area (Å²) in [6.45, 7) is 1.77. The molecule has 26 heavy (non-hydrogen) atoms. The lowest BCUT2D eigenvalue weighted by Crippen LogP contribution is -2.10. The summed E-state index contributed by atoms with van der Waals surface area (Å²) in [4.78, 5) is 12.6. The highest BCUT2D eigenvalue weighted by Gasteiger charge is 2.24. The van der Waals surface area contributed by atoms with Crippen LogP contribution in [0, 0.1) is 12.7 Å². The number of nitrogens with zero attached hydrogens (tertiary/aromatic N) is 2. The van der Waals surface area contributed by atoms with E-state index in [0.717, 1.165) is 0 Å². The Hall–Kier alpha value is -3.06. The number of fused-ring (bicyclic) bond motifs is 1. The molecule has 1 aliphatic rings. The number of halogens is 2. The van der Waals surface area contributed by atoms with Gasteiger partial charge in [0.25, 0.3) is 0 Å².